The Labute approximate surface area is 127 Å². The number of ether oxygens (including phenoxy) is 1. The van der Waals surface area contributed by atoms with E-state index in [0.717, 1.165) is 6.42 Å². The van der Waals surface area contributed by atoms with Gasteiger partial charge in [0.1, 0.15) is 11.5 Å². The first kappa shape index (κ1) is 15.8. The number of hydrazine groups is 1. The monoisotopic (exact) mass is 312 g/mol. The minimum absolute atomic E-state index is 0.0340. The summed E-state index contributed by atoms with van der Waals surface area (Å²) in [6, 6.07) is 4.10. The van der Waals surface area contributed by atoms with Crippen molar-refractivity contribution in [3.8, 4) is 5.75 Å². The fourth-order valence-corrected chi connectivity index (χ4v) is 2.51. The lowest BCUT2D eigenvalue weighted by Crippen LogP contribution is -2.31. The standard InChI is InChI=1S/C14H18ClFN4O/c1-3-7-20-14(11(21-2)8-18-20)13(19-17)9-5-4-6-10(16)12(9)15/h4-6,8,13,19H,3,7,17H2,1-2H3. The molecule has 0 saturated carbocycles. The molecular weight excluding hydrogens is 295 g/mol. The first-order valence-corrected chi connectivity index (χ1v) is 7.01. The number of hydrogen-bond donors (Lipinski definition) is 2. The Morgan fingerprint density at radius 1 is 1.52 bits per heavy atom. The van der Waals surface area contributed by atoms with E-state index in [1.807, 2.05) is 6.92 Å². The van der Waals surface area contributed by atoms with E-state index >= 15 is 0 Å². The van der Waals surface area contributed by atoms with Gasteiger partial charge in [-0.15, -0.1) is 0 Å². The molecule has 0 aliphatic heterocycles. The molecule has 0 spiro atoms. The summed E-state index contributed by atoms with van der Waals surface area (Å²) in [7, 11) is 1.55. The van der Waals surface area contributed by atoms with E-state index in [1.165, 1.54) is 6.07 Å². The number of methoxy groups -OCH3 is 1. The van der Waals surface area contributed by atoms with Crippen LogP contribution in [-0.2, 0) is 6.54 Å². The Bertz CT molecular complexity index is 617. The molecule has 1 atom stereocenters. The van der Waals surface area contributed by atoms with Gasteiger partial charge < -0.3 is 4.74 Å². The number of aryl methyl sites for hydroxylation is 1. The summed E-state index contributed by atoms with van der Waals surface area (Å²) in [6.07, 6.45) is 2.51. The second kappa shape index (κ2) is 6.89. The smallest absolute Gasteiger partial charge is 0.161 e. The number of nitrogens with one attached hydrogen (secondary N) is 1. The van der Waals surface area contributed by atoms with E-state index in [-0.39, 0.29) is 5.02 Å². The van der Waals surface area contributed by atoms with E-state index in [9.17, 15) is 4.39 Å². The fourth-order valence-electron chi connectivity index (χ4n) is 2.28. The van der Waals surface area contributed by atoms with Crippen LogP contribution in [0.1, 0.15) is 30.6 Å². The van der Waals surface area contributed by atoms with Crippen LogP contribution >= 0.6 is 11.6 Å². The molecule has 1 unspecified atom stereocenters. The largest absolute Gasteiger partial charge is 0.493 e. The number of nitrogens with zero attached hydrogens (tertiary/aromatic N) is 2. The Balaban J connectivity index is 2.55. The van der Waals surface area contributed by atoms with Crippen molar-refractivity contribution in [3.05, 3.63) is 46.5 Å². The van der Waals surface area contributed by atoms with Gasteiger partial charge in [-0.25, -0.2) is 9.82 Å². The number of halogens is 2. The number of aromatic nitrogens is 2. The zero-order valence-electron chi connectivity index (χ0n) is 11.9. The van der Waals surface area contributed by atoms with Crippen molar-refractivity contribution in [2.75, 3.05) is 7.11 Å². The van der Waals surface area contributed by atoms with E-state index in [1.54, 1.807) is 30.1 Å². The number of benzene rings is 1. The lowest BCUT2D eigenvalue weighted by molar-refractivity contribution is 0.398. The third-order valence-electron chi connectivity index (χ3n) is 3.23. The molecule has 1 aromatic heterocycles. The maximum absolute atomic E-state index is 13.7. The Kier molecular flexibility index (Phi) is 5.17. The molecule has 0 radical (unpaired) electrons. The minimum Gasteiger partial charge on any atom is -0.493 e. The summed E-state index contributed by atoms with van der Waals surface area (Å²) in [5.74, 6) is 5.76. The van der Waals surface area contributed by atoms with Gasteiger partial charge in [-0.2, -0.15) is 5.10 Å². The van der Waals surface area contributed by atoms with Gasteiger partial charge in [0.15, 0.2) is 5.75 Å². The van der Waals surface area contributed by atoms with Crippen LogP contribution in [-0.4, -0.2) is 16.9 Å². The molecule has 0 aliphatic rings. The van der Waals surface area contributed by atoms with Gasteiger partial charge in [-0.3, -0.25) is 10.5 Å². The summed E-state index contributed by atoms with van der Waals surface area (Å²) in [6.45, 7) is 2.74. The Hall–Kier alpha value is -1.63. The third-order valence-corrected chi connectivity index (χ3v) is 3.63. The fraction of sp³-hybridized carbons (Fsp3) is 0.357. The lowest BCUT2D eigenvalue weighted by atomic mass is 10.0. The van der Waals surface area contributed by atoms with Crippen molar-refractivity contribution in [1.29, 1.82) is 0 Å². The Morgan fingerprint density at radius 2 is 2.29 bits per heavy atom. The molecule has 0 amide bonds. The molecule has 1 heterocycles. The van der Waals surface area contributed by atoms with Gasteiger partial charge in [0.05, 0.1) is 24.4 Å². The van der Waals surface area contributed by atoms with Crippen molar-refractivity contribution in [2.24, 2.45) is 5.84 Å². The molecule has 114 valence electrons. The normalized spacial score (nSPS) is 12.4. The second-order valence-electron chi connectivity index (χ2n) is 4.56. The highest BCUT2D eigenvalue weighted by Crippen LogP contribution is 2.34. The average Bonchev–Trinajstić information content (AvgIpc) is 2.88. The molecule has 0 saturated heterocycles. The SMILES string of the molecule is CCCn1ncc(OC)c1C(NN)c1cccc(F)c1Cl. The molecule has 5 nitrogen and oxygen atoms in total. The van der Waals surface area contributed by atoms with E-state index in [4.69, 9.17) is 22.2 Å². The second-order valence-corrected chi connectivity index (χ2v) is 4.94. The lowest BCUT2D eigenvalue weighted by Gasteiger charge is -2.20. The van der Waals surface area contributed by atoms with Crippen LogP contribution in [0.25, 0.3) is 0 Å². The molecule has 21 heavy (non-hydrogen) atoms. The van der Waals surface area contributed by atoms with Gasteiger partial charge in [-0.05, 0) is 18.1 Å². The summed E-state index contributed by atoms with van der Waals surface area (Å²) < 4.78 is 20.8. The molecule has 3 N–H and O–H groups in total. The zero-order chi connectivity index (χ0) is 15.4. The van der Waals surface area contributed by atoms with Crippen molar-refractivity contribution < 1.29 is 9.13 Å². The Morgan fingerprint density at radius 3 is 2.90 bits per heavy atom. The van der Waals surface area contributed by atoms with Gasteiger partial charge in [0.25, 0.3) is 0 Å². The predicted molar refractivity (Wildman–Crippen MR) is 79.6 cm³/mol. The molecular formula is C14H18ClFN4O. The van der Waals surface area contributed by atoms with Crippen LogP contribution in [0.5, 0.6) is 5.75 Å². The molecule has 1 aromatic carbocycles. The average molecular weight is 313 g/mol. The van der Waals surface area contributed by atoms with E-state index < -0.39 is 11.9 Å². The van der Waals surface area contributed by atoms with E-state index in [2.05, 4.69) is 10.5 Å². The third kappa shape index (κ3) is 3.02. The highest BCUT2D eigenvalue weighted by atomic mass is 35.5. The maximum Gasteiger partial charge on any atom is 0.161 e. The van der Waals surface area contributed by atoms with Gasteiger partial charge >= 0.3 is 0 Å². The van der Waals surface area contributed by atoms with Gasteiger partial charge in [-0.1, -0.05) is 30.7 Å². The topological polar surface area (TPSA) is 65.1 Å². The first-order chi connectivity index (χ1) is 10.1. The van der Waals surface area contributed by atoms with Crippen LogP contribution in [0.4, 0.5) is 4.39 Å². The van der Waals surface area contributed by atoms with Crippen LogP contribution in [0, 0.1) is 5.82 Å². The highest BCUT2D eigenvalue weighted by Gasteiger charge is 2.25. The van der Waals surface area contributed by atoms with Gasteiger partial charge in [0.2, 0.25) is 0 Å². The molecule has 2 rings (SSSR count). The van der Waals surface area contributed by atoms with Crippen molar-refractivity contribution in [1.82, 2.24) is 15.2 Å². The van der Waals surface area contributed by atoms with Crippen LogP contribution in [0.15, 0.2) is 24.4 Å². The van der Waals surface area contributed by atoms with Crippen molar-refractivity contribution in [2.45, 2.75) is 25.9 Å². The quantitative estimate of drug-likeness (QED) is 0.636. The zero-order valence-corrected chi connectivity index (χ0v) is 12.7. The van der Waals surface area contributed by atoms with Crippen LogP contribution in [0.2, 0.25) is 5.02 Å². The van der Waals surface area contributed by atoms with Gasteiger partial charge in [0, 0.05) is 6.54 Å². The molecule has 0 fully saturated rings. The highest BCUT2D eigenvalue weighted by molar-refractivity contribution is 6.31. The van der Waals surface area contributed by atoms with E-state index in [0.29, 0.717) is 23.6 Å². The first-order valence-electron chi connectivity index (χ1n) is 6.63. The van der Waals surface area contributed by atoms with Crippen LogP contribution in [0.3, 0.4) is 0 Å². The summed E-state index contributed by atoms with van der Waals surface area (Å²) in [5, 5.41) is 4.32. The molecule has 2 aromatic rings. The summed E-state index contributed by atoms with van der Waals surface area (Å²) in [4.78, 5) is 0. The van der Waals surface area contributed by atoms with Crippen LogP contribution < -0.4 is 16.0 Å². The van der Waals surface area contributed by atoms with Crippen molar-refractivity contribution in [3.63, 3.8) is 0 Å². The minimum atomic E-state index is -0.516. The number of rotatable bonds is 6. The summed E-state index contributed by atoms with van der Waals surface area (Å²) in [5.41, 5.74) is 3.92. The molecule has 0 aliphatic carbocycles. The molecule has 7 heteroatoms. The summed E-state index contributed by atoms with van der Waals surface area (Å²) >= 11 is 6.07. The molecule has 0 bridgehead atoms. The number of hydrogen-bond acceptors (Lipinski definition) is 4. The predicted octanol–water partition coefficient (Wildman–Crippen LogP) is 2.65. The maximum atomic E-state index is 13.7. The van der Waals surface area contributed by atoms with Crippen molar-refractivity contribution >= 4 is 11.6 Å². The number of nitrogens with two attached hydrogens (primary N) is 1.